The van der Waals surface area contributed by atoms with E-state index in [4.69, 9.17) is 4.74 Å². The molecule has 0 radical (unpaired) electrons. The van der Waals surface area contributed by atoms with Crippen LogP contribution in [0, 0.1) is 10.1 Å². The van der Waals surface area contributed by atoms with Crippen LogP contribution < -0.4 is 10.1 Å². The average molecular weight is 386 g/mol. The van der Waals surface area contributed by atoms with Crippen LogP contribution in [0.4, 0.5) is 11.4 Å². The van der Waals surface area contributed by atoms with Gasteiger partial charge in [-0.2, -0.15) is 0 Å². The van der Waals surface area contributed by atoms with Crippen molar-refractivity contribution >= 4 is 32.0 Å². The minimum absolute atomic E-state index is 0.313. The van der Waals surface area contributed by atoms with Crippen molar-refractivity contribution in [1.29, 1.82) is 0 Å². The summed E-state index contributed by atoms with van der Waals surface area (Å²) >= 11 is 0. The van der Waals surface area contributed by atoms with Gasteiger partial charge < -0.3 is 10.1 Å². The fourth-order valence-corrected chi connectivity index (χ4v) is 3.61. The zero-order valence-corrected chi connectivity index (χ0v) is 15.4. The van der Waals surface area contributed by atoms with Gasteiger partial charge in [-0.25, -0.2) is 8.42 Å². The molecule has 0 fully saturated rings. The second-order valence-corrected chi connectivity index (χ2v) is 7.95. The first kappa shape index (κ1) is 18.7. The first-order valence-electron chi connectivity index (χ1n) is 8.19. The summed E-state index contributed by atoms with van der Waals surface area (Å²) in [6.45, 7) is 0.753. The number of anilines is 1. The van der Waals surface area contributed by atoms with Crippen molar-refractivity contribution in [2.45, 2.75) is 4.90 Å². The van der Waals surface area contributed by atoms with Crippen LogP contribution in [0.25, 0.3) is 10.8 Å². The number of nitrogens with one attached hydrogen (secondary N) is 1. The zero-order valence-electron chi connectivity index (χ0n) is 14.6. The van der Waals surface area contributed by atoms with Crippen molar-refractivity contribution in [3.05, 3.63) is 70.8 Å². The minimum Gasteiger partial charge on any atom is -0.491 e. The van der Waals surface area contributed by atoms with Crippen LogP contribution in [0.15, 0.2) is 65.6 Å². The van der Waals surface area contributed by atoms with Gasteiger partial charge in [0.05, 0.1) is 4.92 Å². The van der Waals surface area contributed by atoms with Gasteiger partial charge in [-0.1, -0.05) is 36.4 Å². The van der Waals surface area contributed by atoms with E-state index >= 15 is 0 Å². The first-order chi connectivity index (χ1) is 12.9. The summed E-state index contributed by atoms with van der Waals surface area (Å²) in [5.74, 6) is 0.760. The standard InChI is InChI=1S/C19H18N2O5S/c1-27(24,25)19-13-15(9-10-17(19)21(22)23)20-11-12-26-18-8-4-6-14-5-2-3-7-16(14)18/h2-10,13,20H,11-12H2,1H3. The quantitative estimate of drug-likeness (QED) is 0.378. The number of rotatable bonds is 7. The van der Waals surface area contributed by atoms with Crippen LogP contribution in [0.3, 0.4) is 0 Å². The van der Waals surface area contributed by atoms with Crippen LogP contribution in [0.5, 0.6) is 5.75 Å². The van der Waals surface area contributed by atoms with E-state index in [1.165, 1.54) is 18.2 Å². The Morgan fingerprint density at radius 3 is 2.56 bits per heavy atom. The van der Waals surface area contributed by atoms with Crippen molar-refractivity contribution in [2.75, 3.05) is 24.7 Å². The Balaban J connectivity index is 1.68. The third-order valence-corrected chi connectivity index (χ3v) is 5.12. The number of nitro benzene ring substituents is 1. The number of hydrogen-bond acceptors (Lipinski definition) is 6. The lowest BCUT2D eigenvalue weighted by molar-refractivity contribution is -0.387. The van der Waals surface area contributed by atoms with Crippen molar-refractivity contribution < 1.29 is 18.1 Å². The van der Waals surface area contributed by atoms with Gasteiger partial charge in [-0.15, -0.1) is 0 Å². The highest BCUT2D eigenvalue weighted by Crippen LogP contribution is 2.27. The Kier molecular flexibility index (Phi) is 5.27. The third kappa shape index (κ3) is 4.35. The van der Waals surface area contributed by atoms with E-state index < -0.39 is 20.4 Å². The Bertz CT molecular complexity index is 1090. The smallest absolute Gasteiger partial charge is 0.288 e. The molecule has 0 aliphatic carbocycles. The van der Waals surface area contributed by atoms with Crippen molar-refractivity contribution in [3.63, 3.8) is 0 Å². The summed E-state index contributed by atoms with van der Waals surface area (Å²) in [6, 6.07) is 17.6. The molecule has 3 aromatic rings. The molecule has 0 atom stereocenters. The average Bonchev–Trinajstić information content (AvgIpc) is 2.64. The third-order valence-electron chi connectivity index (χ3n) is 3.99. The molecule has 0 amide bonds. The predicted octanol–water partition coefficient (Wildman–Crippen LogP) is 3.64. The molecule has 0 unspecified atom stereocenters. The van der Waals surface area contributed by atoms with Crippen LogP contribution in [-0.4, -0.2) is 32.7 Å². The second kappa shape index (κ2) is 7.63. The highest BCUT2D eigenvalue weighted by atomic mass is 32.2. The van der Waals surface area contributed by atoms with E-state index in [1.807, 2.05) is 42.5 Å². The van der Waals surface area contributed by atoms with E-state index in [2.05, 4.69) is 5.32 Å². The van der Waals surface area contributed by atoms with E-state index in [1.54, 1.807) is 0 Å². The maximum Gasteiger partial charge on any atom is 0.288 e. The predicted molar refractivity (Wildman–Crippen MR) is 104 cm³/mol. The highest BCUT2D eigenvalue weighted by molar-refractivity contribution is 7.90. The first-order valence-corrected chi connectivity index (χ1v) is 10.1. The number of hydrogen-bond donors (Lipinski definition) is 1. The molecule has 0 saturated carbocycles. The fourth-order valence-electron chi connectivity index (χ4n) is 2.75. The van der Waals surface area contributed by atoms with Crippen LogP contribution in [0.2, 0.25) is 0 Å². The van der Waals surface area contributed by atoms with Gasteiger partial charge in [-0.3, -0.25) is 10.1 Å². The summed E-state index contributed by atoms with van der Waals surface area (Å²) in [5, 5.41) is 16.1. The number of nitrogens with zero attached hydrogens (tertiary/aromatic N) is 1. The zero-order chi connectivity index (χ0) is 19.4. The molecule has 3 aromatic carbocycles. The summed E-state index contributed by atoms with van der Waals surface area (Å²) in [6.07, 6.45) is 0.947. The number of nitro groups is 1. The summed E-state index contributed by atoms with van der Waals surface area (Å²) in [5.41, 5.74) is 0.0394. The Hall–Kier alpha value is -3.13. The highest BCUT2D eigenvalue weighted by Gasteiger charge is 2.22. The number of fused-ring (bicyclic) bond motifs is 1. The number of sulfone groups is 1. The van der Waals surface area contributed by atoms with E-state index in [-0.39, 0.29) is 4.90 Å². The SMILES string of the molecule is CS(=O)(=O)c1cc(NCCOc2cccc3ccccc23)ccc1[N+](=O)[O-]. The molecular formula is C19H18N2O5S. The lowest BCUT2D eigenvalue weighted by Gasteiger charge is -2.11. The molecular weight excluding hydrogens is 368 g/mol. The molecule has 3 rings (SSSR count). The Morgan fingerprint density at radius 2 is 1.81 bits per heavy atom. The molecule has 0 bridgehead atoms. The number of benzene rings is 3. The lowest BCUT2D eigenvalue weighted by Crippen LogP contribution is -2.12. The molecule has 27 heavy (non-hydrogen) atoms. The maximum absolute atomic E-state index is 11.8. The topological polar surface area (TPSA) is 98.5 Å². The van der Waals surface area contributed by atoms with Gasteiger partial charge in [0, 0.05) is 29.9 Å². The molecule has 140 valence electrons. The largest absolute Gasteiger partial charge is 0.491 e. The Labute approximate surface area is 156 Å². The molecule has 0 spiro atoms. The minimum atomic E-state index is -3.71. The second-order valence-electron chi connectivity index (χ2n) is 5.96. The molecule has 7 nitrogen and oxygen atoms in total. The van der Waals surface area contributed by atoms with Crippen molar-refractivity contribution in [3.8, 4) is 5.75 Å². The van der Waals surface area contributed by atoms with E-state index in [0.29, 0.717) is 18.8 Å². The molecule has 0 heterocycles. The molecule has 0 aliphatic heterocycles. The summed E-state index contributed by atoms with van der Waals surface area (Å²) in [4.78, 5) is 9.99. The Morgan fingerprint density at radius 1 is 1.07 bits per heavy atom. The van der Waals surface area contributed by atoms with Gasteiger partial charge >= 0.3 is 0 Å². The van der Waals surface area contributed by atoms with Crippen LogP contribution in [0.1, 0.15) is 0 Å². The van der Waals surface area contributed by atoms with Gasteiger partial charge in [0.1, 0.15) is 17.3 Å². The number of ether oxygens (including phenoxy) is 1. The lowest BCUT2D eigenvalue weighted by atomic mass is 10.1. The maximum atomic E-state index is 11.8. The van der Waals surface area contributed by atoms with Gasteiger partial charge in [0.25, 0.3) is 5.69 Å². The van der Waals surface area contributed by atoms with Crippen molar-refractivity contribution in [2.24, 2.45) is 0 Å². The van der Waals surface area contributed by atoms with Gasteiger partial charge in [0.2, 0.25) is 0 Å². The monoisotopic (exact) mass is 386 g/mol. The van der Waals surface area contributed by atoms with Crippen molar-refractivity contribution in [1.82, 2.24) is 0 Å². The normalized spacial score (nSPS) is 11.3. The van der Waals surface area contributed by atoms with Gasteiger partial charge in [-0.05, 0) is 23.6 Å². The summed E-state index contributed by atoms with van der Waals surface area (Å²) in [7, 11) is -3.71. The molecule has 0 saturated heterocycles. The van der Waals surface area contributed by atoms with Crippen LogP contribution >= 0.6 is 0 Å². The van der Waals surface area contributed by atoms with Gasteiger partial charge in [0.15, 0.2) is 9.84 Å². The molecule has 8 heteroatoms. The van der Waals surface area contributed by atoms with Crippen LogP contribution in [-0.2, 0) is 9.84 Å². The molecule has 0 aliphatic rings. The molecule has 1 N–H and O–H groups in total. The van der Waals surface area contributed by atoms with E-state index in [9.17, 15) is 18.5 Å². The van der Waals surface area contributed by atoms with E-state index in [0.717, 1.165) is 22.8 Å². The molecule has 0 aromatic heterocycles. The fraction of sp³-hybridized carbons (Fsp3) is 0.158. The summed E-state index contributed by atoms with van der Waals surface area (Å²) < 4.78 is 29.4.